The number of hydrogen-bond donors (Lipinski definition) is 3. The fourth-order valence-electron chi connectivity index (χ4n) is 4.26. The number of carbonyl (C=O) groups excluding carboxylic acids is 1. The van der Waals surface area contributed by atoms with Crippen molar-refractivity contribution in [2.75, 3.05) is 5.32 Å². The van der Waals surface area contributed by atoms with Crippen LogP contribution in [0.3, 0.4) is 0 Å². The molecule has 6 heteroatoms. The summed E-state index contributed by atoms with van der Waals surface area (Å²) in [6.45, 7) is 4.08. The highest BCUT2D eigenvalue weighted by Gasteiger charge is 2.25. The lowest BCUT2D eigenvalue weighted by Crippen LogP contribution is -2.45. The molecule has 1 fully saturated rings. The number of benzene rings is 2. The zero-order valence-electron chi connectivity index (χ0n) is 18.6. The summed E-state index contributed by atoms with van der Waals surface area (Å²) in [5.41, 5.74) is 4.52. The van der Waals surface area contributed by atoms with Crippen LogP contribution in [0.4, 0.5) is 5.82 Å². The lowest BCUT2D eigenvalue weighted by Gasteiger charge is -2.28. The van der Waals surface area contributed by atoms with Gasteiger partial charge in [0.15, 0.2) is 0 Å². The minimum Gasteiger partial charge on any atom is -0.391 e. The molecule has 3 aromatic rings. The van der Waals surface area contributed by atoms with Gasteiger partial charge in [-0.3, -0.25) is 9.78 Å². The fourth-order valence-corrected chi connectivity index (χ4v) is 4.26. The van der Waals surface area contributed by atoms with E-state index < -0.39 is 6.10 Å². The van der Waals surface area contributed by atoms with Crippen LogP contribution in [0.25, 0.3) is 11.3 Å². The van der Waals surface area contributed by atoms with Gasteiger partial charge in [0.2, 0.25) is 0 Å². The number of hydrogen-bond acceptors (Lipinski definition) is 5. The molecule has 0 radical (unpaired) electrons. The Bertz CT molecular complexity index is 1070. The minimum absolute atomic E-state index is 0.0663. The standard InChI is InChI=1S/C26H30N4O2/c1-17-12-13-20(26(32)30-22-10-6-7-11-24(22)31)14-21(17)18(2)28-25-16-27-15-23(29-25)19-8-4-3-5-9-19/h3-5,8-9,12-16,18,22,24,31H,6-7,10-11H2,1-2H3,(H,28,29)(H,30,32)/t18?,22-,24-/m0/s1. The Kier molecular flexibility index (Phi) is 6.81. The van der Waals surface area contributed by atoms with E-state index in [1.165, 1.54) is 0 Å². The Labute approximate surface area is 189 Å². The van der Waals surface area contributed by atoms with E-state index in [4.69, 9.17) is 4.98 Å². The lowest BCUT2D eigenvalue weighted by molar-refractivity contribution is 0.0717. The molecule has 2 aromatic carbocycles. The van der Waals surface area contributed by atoms with Crippen LogP contribution in [-0.4, -0.2) is 33.1 Å². The van der Waals surface area contributed by atoms with Crippen molar-refractivity contribution in [1.29, 1.82) is 0 Å². The first-order chi connectivity index (χ1) is 15.5. The van der Waals surface area contributed by atoms with E-state index >= 15 is 0 Å². The number of rotatable bonds is 6. The van der Waals surface area contributed by atoms with Crippen molar-refractivity contribution in [2.45, 2.75) is 57.7 Å². The number of carbonyl (C=O) groups is 1. The van der Waals surface area contributed by atoms with E-state index in [9.17, 15) is 9.90 Å². The first-order valence-electron chi connectivity index (χ1n) is 11.2. The highest BCUT2D eigenvalue weighted by molar-refractivity contribution is 5.94. The fraction of sp³-hybridized carbons (Fsp3) is 0.346. The van der Waals surface area contributed by atoms with Gasteiger partial charge in [-0.2, -0.15) is 0 Å². The summed E-state index contributed by atoms with van der Waals surface area (Å²) in [7, 11) is 0. The Hall–Kier alpha value is -3.25. The molecule has 3 atom stereocenters. The Balaban J connectivity index is 1.49. The molecular formula is C26H30N4O2. The van der Waals surface area contributed by atoms with Crippen LogP contribution in [0.1, 0.15) is 60.1 Å². The largest absolute Gasteiger partial charge is 0.391 e. The molecule has 0 aliphatic heterocycles. The monoisotopic (exact) mass is 430 g/mol. The first kappa shape index (κ1) is 22.0. The molecule has 1 aliphatic carbocycles. The molecule has 0 bridgehead atoms. The second-order valence-electron chi connectivity index (χ2n) is 8.52. The van der Waals surface area contributed by atoms with Crippen LogP contribution in [0.5, 0.6) is 0 Å². The summed E-state index contributed by atoms with van der Waals surface area (Å²) in [5.74, 6) is 0.536. The van der Waals surface area contributed by atoms with E-state index in [1.807, 2.05) is 62.4 Å². The van der Waals surface area contributed by atoms with Crippen molar-refractivity contribution >= 4 is 11.7 Å². The number of aromatic nitrogens is 2. The predicted octanol–water partition coefficient (Wildman–Crippen LogP) is 4.66. The molecule has 1 unspecified atom stereocenters. The van der Waals surface area contributed by atoms with E-state index in [1.54, 1.807) is 12.4 Å². The van der Waals surface area contributed by atoms with E-state index in [-0.39, 0.29) is 18.0 Å². The maximum absolute atomic E-state index is 12.8. The van der Waals surface area contributed by atoms with Gasteiger partial charge in [-0.05, 0) is 49.9 Å². The topological polar surface area (TPSA) is 87.1 Å². The van der Waals surface area contributed by atoms with Crippen LogP contribution >= 0.6 is 0 Å². The Morgan fingerprint density at radius 2 is 1.88 bits per heavy atom. The third-order valence-corrected chi connectivity index (χ3v) is 6.12. The van der Waals surface area contributed by atoms with Gasteiger partial charge in [-0.1, -0.05) is 49.2 Å². The molecule has 0 saturated heterocycles. The summed E-state index contributed by atoms with van der Waals surface area (Å²) in [6.07, 6.45) is 6.60. The molecule has 0 spiro atoms. The number of nitrogens with one attached hydrogen (secondary N) is 2. The zero-order chi connectivity index (χ0) is 22.5. The molecule has 166 valence electrons. The highest BCUT2D eigenvalue weighted by atomic mass is 16.3. The van der Waals surface area contributed by atoms with Crippen LogP contribution in [0.15, 0.2) is 60.9 Å². The molecule has 1 aromatic heterocycles. The van der Waals surface area contributed by atoms with Crippen molar-refractivity contribution in [3.05, 3.63) is 77.6 Å². The van der Waals surface area contributed by atoms with Crippen molar-refractivity contribution in [3.63, 3.8) is 0 Å². The summed E-state index contributed by atoms with van der Waals surface area (Å²) in [6, 6.07) is 15.4. The third kappa shape index (κ3) is 5.14. The van der Waals surface area contributed by atoms with E-state index in [0.717, 1.165) is 48.1 Å². The molecule has 1 aliphatic rings. The SMILES string of the molecule is Cc1ccc(C(=O)N[C@H]2CCCC[C@@H]2O)cc1C(C)Nc1cncc(-c2ccccc2)n1. The lowest BCUT2D eigenvalue weighted by atomic mass is 9.92. The van der Waals surface area contributed by atoms with Gasteiger partial charge in [0.25, 0.3) is 5.91 Å². The molecule has 1 amide bonds. The molecular weight excluding hydrogens is 400 g/mol. The van der Waals surface area contributed by atoms with Crippen molar-refractivity contribution in [2.24, 2.45) is 0 Å². The van der Waals surface area contributed by atoms with E-state index in [0.29, 0.717) is 11.4 Å². The molecule has 1 saturated carbocycles. The second kappa shape index (κ2) is 9.92. The average molecular weight is 431 g/mol. The van der Waals surface area contributed by atoms with Crippen molar-refractivity contribution in [3.8, 4) is 11.3 Å². The van der Waals surface area contributed by atoms with Gasteiger partial charge in [0.1, 0.15) is 5.82 Å². The summed E-state index contributed by atoms with van der Waals surface area (Å²) in [5, 5.41) is 16.6. The zero-order valence-corrected chi connectivity index (χ0v) is 18.6. The van der Waals surface area contributed by atoms with Crippen molar-refractivity contribution in [1.82, 2.24) is 15.3 Å². The number of aryl methyl sites for hydroxylation is 1. The predicted molar refractivity (Wildman–Crippen MR) is 126 cm³/mol. The number of aliphatic hydroxyl groups excluding tert-OH is 1. The average Bonchev–Trinajstić information content (AvgIpc) is 2.81. The van der Waals surface area contributed by atoms with Crippen LogP contribution in [0.2, 0.25) is 0 Å². The molecule has 1 heterocycles. The highest BCUT2D eigenvalue weighted by Crippen LogP contribution is 2.25. The third-order valence-electron chi connectivity index (χ3n) is 6.12. The number of nitrogens with zero attached hydrogens (tertiary/aromatic N) is 2. The molecule has 3 N–H and O–H groups in total. The maximum atomic E-state index is 12.8. The van der Waals surface area contributed by atoms with Gasteiger partial charge >= 0.3 is 0 Å². The van der Waals surface area contributed by atoms with Gasteiger partial charge < -0.3 is 15.7 Å². The molecule has 4 rings (SSSR count). The molecule has 32 heavy (non-hydrogen) atoms. The minimum atomic E-state index is -0.464. The van der Waals surface area contributed by atoms with Gasteiger partial charge in [0, 0.05) is 11.1 Å². The summed E-state index contributed by atoms with van der Waals surface area (Å²) < 4.78 is 0. The Morgan fingerprint density at radius 1 is 1.09 bits per heavy atom. The van der Waals surface area contributed by atoms with Gasteiger partial charge in [-0.15, -0.1) is 0 Å². The first-order valence-corrected chi connectivity index (χ1v) is 11.2. The van der Waals surface area contributed by atoms with Crippen LogP contribution in [-0.2, 0) is 0 Å². The van der Waals surface area contributed by atoms with E-state index in [2.05, 4.69) is 15.6 Å². The number of aliphatic hydroxyl groups is 1. The van der Waals surface area contributed by atoms with Crippen LogP contribution in [0, 0.1) is 6.92 Å². The van der Waals surface area contributed by atoms with Gasteiger partial charge in [-0.25, -0.2) is 4.98 Å². The maximum Gasteiger partial charge on any atom is 0.251 e. The second-order valence-corrected chi connectivity index (χ2v) is 8.52. The summed E-state index contributed by atoms with van der Waals surface area (Å²) >= 11 is 0. The normalized spacial score (nSPS) is 19.2. The smallest absolute Gasteiger partial charge is 0.251 e. The van der Waals surface area contributed by atoms with Crippen LogP contribution < -0.4 is 10.6 Å². The Morgan fingerprint density at radius 3 is 2.66 bits per heavy atom. The molecule has 6 nitrogen and oxygen atoms in total. The number of anilines is 1. The summed E-state index contributed by atoms with van der Waals surface area (Å²) in [4.78, 5) is 21.9. The number of amides is 1. The van der Waals surface area contributed by atoms with Crippen molar-refractivity contribution < 1.29 is 9.90 Å². The quantitative estimate of drug-likeness (QED) is 0.529. The van der Waals surface area contributed by atoms with Gasteiger partial charge in [0.05, 0.1) is 36.3 Å².